The molecule has 0 saturated carbocycles. The topological polar surface area (TPSA) is 38.1 Å². The molecule has 4 nitrogen and oxygen atoms in total. The highest BCUT2D eigenvalue weighted by molar-refractivity contribution is 5.80. The Morgan fingerprint density at radius 2 is 1.63 bits per heavy atom. The van der Waals surface area contributed by atoms with E-state index >= 15 is 0 Å². The number of likely N-dealkylation sites (tertiary alicyclic amines) is 1. The van der Waals surface area contributed by atoms with Crippen molar-refractivity contribution in [1.82, 2.24) is 14.7 Å². The summed E-state index contributed by atoms with van der Waals surface area (Å²) in [4.78, 5) is 14.3. The van der Waals surface area contributed by atoms with Crippen LogP contribution in [0.5, 0.6) is 0 Å². The number of rotatable bonds is 13. The Morgan fingerprint density at radius 1 is 1.03 bits per heavy atom. The second-order valence-electron chi connectivity index (χ2n) is 10.8. The van der Waals surface area contributed by atoms with Crippen LogP contribution in [-0.4, -0.2) is 40.1 Å². The number of piperidine rings is 1. The molecule has 2 heterocycles. The molecule has 4 heteroatoms. The molecule has 1 saturated heterocycles. The van der Waals surface area contributed by atoms with E-state index in [0.29, 0.717) is 5.78 Å². The summed E-state index contributed by atoms with van der Waals surface area (Å²) >= 11 is 0. The van der Waals surface area contributed by atoms with Crippen molar-refractivity contribution in [3.05, 3.63) is 18.0 Å². The van der Waals surface area contributed by atoms with Gasteiger partial charge in [0, 0.05) is 25.1 Å². The number of hydrogen-bond acceptors (Lipinski definition) is 3. The number of hydrogen-bond donors (Lipinski definition) is 0. The molecule has 2 rings (SSSR count). The summed E-state index contributed by atoms with van der Waals surface area (Å²) in [6.45, 7) is 15.6. The largest absolute Gasteiger partial charge is 0.303 e. The fourth-order valence-corrected chi connectivity index (χ4v) is 4.32. The summed E-state index contributed by atoms with van der Waals surface area (Å²) in [5.41, 5.74) is 1.53. The number of carbonyl (C=O) groups is 1. The summed E-state index contributed by atoms with van der Waals surface area (Å²) in [5, 5.41) is 4.59. The second kappa shape index (κ2) is 12.6. The van der Waals surface area contributed by atoms with Gasteiger partial charge in [-0.15, -0.1) is 0 Å². The van der Waals surface area contributed by atoms with Crippen LogP contribution in [0.3, 0.4) is 0 Å². The quantitative estimate of drug-likeness (QED) is 0.357. The summed E-state index contributed by atoms with van der Waals surface area (Å²) in [6.07, 6.45) is 16.7. The molecule has 1 fully saturated rings. The van der Waals surface area contributed by atoms with Crippen molar-refractivity contribution < 1.29 is 4.79 Å². The Bertz CT molecular complexity index is 606. The summed E-state index contributed by atoms with van der Waals surface area (Å²) < 4.78 is 2.17. The second-order valence-corrected chi connectivity index (χ2v) is 10.8. The maximum Gasteiger partial charge on any atom is 0.135 e. The average molecular weight is 418 g/mol. The predicted octanol–water partition coefficient (Wildman–Crippen LogP) is 6.24. The Labute approximate surface area is 185 Å². The van der Waals surface area contributed by atoms with Crippen molar-refractivity contribution in [1.29, 1.82) is 0 Å². The first-order valence-electron chi connectivity index (χ1n) is 12.5. The lowest BCUT2D eigenvalue weighted by molar-refractivity contribution is -0.122. The number of carbonyl (C=O) groups excluding carboxylic acids is 1. The molecular weight excluding hydrogens is 370 g/mol. The SMILES string of the molecule is CC(C)C(=O)CCCCCCCCCN1CCC(Cn2cc(C(C)(C)C)cn2)CC1. The maximum absolute atomic E-state index is 11.6. The molecule has 0 bridgehead atoms. The van der Waals surface area contributed by atoms with Crippen molar-refractivity contribution in [2.75, 3.05) is 19.6 Å². The number of unbranched alkanes of at least 4 members (excludes halogenated alkanes) is 6. The highest BCUT2D eigenvalue weighted by atomic mass is 16.1. The maximum atomic E-state index is 11.6. The average Bonchev–Trinajstić information content (AvgIpc) is 3.16. The lowest BCUT2D eigenvalue weighted by atomic mass is 9.90. The molecule has 172 valence electrons. The van der Waals surface area contributed by atoms with Gasteiger partial charge in [0.15, 0.2) is 0 Å². The van der Waals surface area contributed by atoms with Crippen molar-refractivity contribution in [2.24, 2.45) is 11.8 Å². The van der Waals surface area contributed by atoms with Crippen molar-refractivity contribution in [3.8, 4) is 0 Å². The minimum Gasteiger partial charge on any atom is -0.303 e. The Balaban J connectivity index is 1.47. The minimum absolute atomic E-state index is 0.189. The molecule has 0 radical (unpaired) electrons. The van der Waals surface area contributed by atoms with Gasteiger partial charge in [0.1, 0.15) is 5.78 Å². The lowest BCUT2D eigenvalue weighted by Crippen LogP contribution is -2.35. The molecular formula is C26H47N3O. The third kappa shape index (κ3) is 9.32. The zero-order valence-electron chi connectivity index (χ0n) is 20.5. The van der Waals surface area contributed by atoms with Crippen molar-refractivity contribution in [3.63, 3.8) is 0 Å². The number of aromatic nitrogens is 2. The third-order valence-electron chi connectivity index (χ3n) is 6.69. The molecule has 0 unspecified atom stereocenters. The molecule has 0 amide bonds. The van der Waals surface area contributed by atoms with E-state index in [1.165, 1.54) is 76.6 Å². The molecule has 1 aliphatic heterocycles. The summed E-state index contributed by atoms with van der Waals surface area (Å²) in [5.74, 6) is 1.41. The fourth-order valence-electron chi connectivity index (χ4n) is 4.32. The van der Waals surface area contributed by atoms with Crippen LogP contribution in [0.4, 0.5) is 0 Å². The highest BCUT2D eigenvalue weighted by Crippen LogP contribution is 2.23. The number of nitrogens with zero attached hydrogens (tertiary/aromatic N) is 3. The summed E-state index contributed by atoms with van der Waals surface area (Å²) in [6, 6.07) is 0. The first-order chi connectivity index (χ1) is 14.3. The van der Waals surface area contributed by atoms with Gasteiger partial charge in [-0.3, -0.25) is 9.48 Å². The molecule has 1 aliphatic rings. The van der Waals surface area contributed by atoms with Crippen LogP contribution in [0, 0.1) is 11.8 Å². The van der Waals surface area contributed by atoms with E-state index in [-0.39, 0.29) is 11.3 Å². The van der Waals surface area contributed by atoms with Gasteiger partial charge in [0.25, 0.3) is 0 Å². The van der Waals surface area contributed by atoms with Crippen LogP contribution in [0.1, 0.15) is 104 Å². The molecule has 0 aliphatic carbocycles. The van der Waals surface area contributed by atoms with Crippen molar-refractivity contribution in [2.45, 2.75) is 111 Å². The molecule has 0 spiro atoms. The standard InChI is InChI=1S/C26H47N3O/c1-22(2)25(30)13-11-9-7-6-8-10-12-16-28-17-14-23(15-18-28)20-29-21-24(19-27-29)26(3,4)5/h19,21-23H,6-18,20H2,1-5H3. The molecule has 0 aromatic carbocycles. The monoisotopic (exact) mass is 417 g/mol. The van der Waals surface area contributed by atoms with Gasteiger partial charge in [-0.2, -0.15) is 5.10 Å². The Hall–Kier alpha value is -1.16. The normalized spacial score (nSPS) is 16.5. The van der Waals surface area contributed by atoms with Crippen molar-refractivity contribution >= 4 is 5.78 Å². The van der Waals surface area contributed by atoms with Crippen LogP contribution < -0.4 is 0 Å². The Morgan fingerprint density at radius 3 is 2.20 bits per heavy atom. The van der Waals surface area contributed by atoms with E-state index < -0.39 is 0 Å². The predicted molar refractivity (Wildman–Crippen MR) is 127 cm³/mol. The Kier molecular flexibility index (Phi) is 10.6. The fraction of sp³-hybridized carbons (Fsp3) is 0.846. The van der Waals surface area contributed by atoms with Crippen LogP contribution >= 0.6 is 0 Å². The van der Waals surface area contributed by atoms with Gasteiger partial charge in [0.05, 0.1) is 6.20 Å². The van der Waals surface area contributed by atoms with Crippen LogP contribution in [0.25, 0.3) is 0 Å². The molecule has 0 N–H and O–H groups in total. The van der Waals surface area contributed by atoms with Crippen LogP contribution in [-0.2, 0) is 16.8 Å². The number of Topliss-reactive ketones (excluding diaryl/α,β-unsaturated/α-hetero) is 1. The van der Waals surface area contributed by atoms with E-state index in [1.54, 1.807) is 0 Å². The van der Waals surface area contributed by atoms with Gasteiger partial charge in [-0.25, -0.2) is 0 Å². The van der Waals surface area contributed by atoms with E-state index in [2.05, 4.69) is 41.6 Å². The van der Waals surface area contributed by atoms with E-state index in [4.69, 9.17) is 0 Å². The van der Waals surface area contributed by atoms with E-state index in [9.17, 15) is 4.79 Å². The first kappa shape index (κ1) is 25.1. The van der Waals surface area contributed by atoms with E-state index in [0.717, 1.165) is 25.3 Å². The van der Waals surface area contributed by atoms with Gasteiger partial charge < -0.3 is 4.90 Å². The van der Waals surface area contributed by atoms with Gasteiger partial charge >= 0.3 is 0 Å². The minimum atomic E-state index is 0.189. The third-order valence-corrected chi connectivity index (χ3v) is 6.69. The molecule has 1 aromatic rings. The smallest absolute Gasteiger partial charge is 0.135 e. The van der Waals surface area contributed by atoms with Crippen LogP contribution in [0.2, 0.25) is 0 Å². The molecule has 30 heavy (non-hydrogen) atoms. The van der Waals surface area contributed by atoms with Gasteiger partial charge in [-0.1, -0.05) is 66.7 Å². The zero-order chi connectivity index (χ0) is 22.0. The van der Waals surface area contributed by atoms with E-state index in [1.807, 2.05) is 20.0 Å². The zero-order valence-corrected chi connectivity index (χ0v) is 20.5. The van der Waals surface area contributed by atoms with Crippen LogP contribution in [0.15, 0.2) is 12.4 Å². The van der Waals surface area contributed by atoms with Gasteiger partial charge in [-0.05, 0) is 62.2 Å². The highest BCUT2D eigenvalue weighted by Gasteiger charge is 2.21. The van der Waals surface area contributed by atoms with Gasteiger partial charge in [0.2, 0.25) is 0 Å². The molecule has 0 atom stereocenters. The molecule has 1 aromatic heterocycles. The first-order valence-corrected chi connectivity index (χ1v) is 12.5. The summed E-state index contributed by atoms with van der Waals surface area (Å²) in [7, 11) is 0. The lowest BCUT2D eigenvalue weighted by Gasteiger charge is -2.31. The number of ketones is 1.